The Balaban J connectivity index is 1.91. The zero-order valence-corrected chi connectivity index (χ0v) is 13.2. The van der Waals surface area contributed by atoms with Crippen LogP contribution in [0.15, 0.2) is 46.8 Å². The molecule has 7 heteroatoms. The second-order valence-electron chi connectivity index (χ2n) is 4.95. The van der Waals surface area contributed by atoms with E-state index in [1.165, 1.54) is 7.11 Å². The summed E-state index contributed by atoms with van der Waals surface area (Å²) in [5.74, 6) is 0.480. The van der Waals surface area contributed by atoms with E-state index in [1.54, 1.807) is 24.3 Å². The minimum Gasteiger partial charge on any atom is -0.481 e. The summed E-state index contributed by atoms with van der Waals surface area (Å²) in [6.45, 7) is 0. The van der Waals surface area contributed by atoms with Crippen molar-refractivity contribution in [3.63, 3.8) is 0 Å². The predicted octanol–water partition coefficient (Wildman–Crippen LogP) is 2.78. The lowest BCUT2D eigenvalue weighted by Gasteiger charge is -2.18. The topological polar surface area (TPSA) is 77.1 Å². The monoisotopic (exact) mass is 340 g/mol. The molecule has 1 aromatic rings. The van der Waals surface area contributed by atoms with Gasteiger partial charge < -0.3 is 20.3 Å². The highest BCUT2D eigenvalue weighted by Crippen LogP contribution is 2.40. The van der Waals surface area contributed by atoms with Crippen LogP contribution in [0.5, 0.6) is 0 Å². The van der Waals surface area contributed by atoms with Gasteiger partial charge in [-0.05, 0) is 18.2 Å². The predicted molar refractivity (Wildman–Crippen MR) is 84.6 cm³/mol. The summed E-state index contributed by atoms with van der Waals surface area (Å²) in [5, 5.41) is 11.4. The van der Waals surface area contributed by atoms with Crippen molar-refractivity contribution in [3.05, 3.63) is 57.4 Å². The zero-order valence-electron chi connectivity index (χ0n) is 11.7. The van der Waals surface area contributed by atoms with Crippen LogP contribution in [0, 0.1) is 5.92 Å². The first-order chi connectivity index (χ1) is 10.5. The molecule has 0 saturated heterocycles. The Labute approximate surface area is 137 Å². The molecule has 0 radical (unpaired) electrons. The van der Waals surface area contributed by atoms with Crippen LogP contribution in [0.25, 0.3) is 0 Å². The summed E-state index contributed by atoms with van der Waals surface area (Å²) < 4.78 is 10.8. The number of halogens is 2. The molecular formula is C15H14Cl2N2O3. The molecule has 0 saturated carbocycles. The smallest absolute Gasteiger partial charge is 0.211 e. The number of nitrogens with zero attached hydrogens (tertiary/aromatic N) is 1. The molecule has 0 spiro atoms. The summed E-state index contributed by atoms with van der Waals surface area (Å²) in [6.07, 6.45) is 1.96. The number of fused-ring (bicyclic) bond motifs is 1. The molecule has 1 aromatic carbocycles. The lowest BCUT2D eigenvalue weighted by Crippen LogP contribution is -2.23. The van der Waals surface area contributed by atoms with E-state index in [1.807, 2.05) is 6.08 Å². The number of aliphatic imine (C=N–C) groups is 1. The maximum Gasteiger partial charge on any atom is 0.211 e. The largest absolute Gasteiger partial charge is 0.481 e. The molecular weight excluding hydrogens is 327 g/mol. The summed E-state index contributed by atoms with van der Waals surface area (Å²) >= 11 is 12.0. The number of benzene rings is 1. The van der Waals surface area contributed by atoms with E-state index in [0.717, 1.165) is 0 Å². The fraction of sp³-hybridized carbons (Fsp3) is 0.267. The first-order valence-electron chi connectivity index (χ1n) is 6.60. The van der Waals surface area contributed by atoms with Crippen LogP contribution in [0.1, 0.15) is 11.7 Å². The Bertz CT molecular complexity index is 700. The first-order valence-corrected chi connectivity index (χ1v) is 7.36. The number of nitrogens with two attached hydrogens (primary N) is 1. The average Bonchev–Trinajstić information content (AvgIpc) is 2.83. The Morgan fingerprint density at radius 3 is 2.86 bits per heavy atom. The minimum absolute atomic E-state index is 0.227. The molecule has 3 atom stereocenters. The molecule has 22 heavy (non-hydrogen) atoms. The molecule has 0 bridgehead atoms. The number of ether oxygens (including phenoxy) is 2. The van der Waals surface area contributed by atoms with Crippen molar-refractivity contribution in [1.29, 1.82) is 0 Å². The van der Waals surface area contributed by atoms with Gasteiger partial charge in [-0.2, -0.15) is 0 Å². The van der Waals surface area contributed by atoms with E-state index < -0.39 is 12.3 Å². The average molecular weight is 341 g/mol. The fourth-order valence-electron chi connectivity index (χ4n) is 2.46. The van der Waals surface area contributed by atoms with Gasteiger partial charge in [0.05, 0.1) is 18.7 Å². The standard InChI is InChI=1S/C15H14Cl2N2O3/c1-21-11-5-4-9-12(18)14(22-15(9)19-11)13(20)8-3-2-7(16)6-10(8)17/h2-6,9,13,15,20H,18H2,1H3. The van der Waals surface area contributed by atoms with Crippen LogP contribution < -0.4 is 5.73 Å². The van der Waals surface area contributed by atoms with Crippen molar-refractivity contribution in [2.45, 2.75) is 12.3 Å². The lowest BCUT2D eigenvalue weighted by atomic mass is 10.00. The van der Waals surface area contributed by atoms with E-state index in [2.05, 4.69) is 4.99 Å². The number of hydrogen-bond donors (Lipinski definition) is 2. The maximum atomic E-state index is 10.5. The molecule has 3 N–H and O–H groups in total. The van der Waals surface area contributed by atoms with Crippen LogP contribution in [0.2, 0.25) is 10.0 Å². The van der Waals surface area contributed by atoms with Crippen molar-refractivity contribution in [3.8, 4) is 0 Å². The van der Waals surface area contributed by atoms with Gasteiger partial charge in [0.1, 0.15) is 6.10 Å². The van der Waals surface area contributed by atoms with Crippen molar-refractivity contribution in [2.75, 3.05) is 7.11 Å². The van der Waals surface area contributed by atoms with Gasteiger partial charge in [-0.25, -0.2) is 4.99 Å². The Morgan fingerprint density at radius 2 is 2.18 bits per heavy atom. The third-order valence-corrected chi connectivity index (χ3v) is 4.18. The first kappa shape index (κ1) is 15.2. The second kappa shape index (κ2) is 5.83. The normalized spacial score (nSPS) is 24.6. The fourth-order valence-corrected chi connectivity index (χ4v) is 2.97. The summed E-state index contributed by atoms with van der Waals surface area (Å²) in [5.41, 5.74) is 7.01. The van der Waals surface area contributed by atoms with Gasteiger partial charge in [0.15, 0.2) is 5.76 Å². The van der Waals surface area contributed by atoms with Crippen LogP contribution in [-0.4, -0.2) is 24.3 Å². The van der Waals surface area contributed by atoms with Crippen molar-refractivity contribution in [2.24, 2.45) is 16.6 Å². The summed E-state index contributed by atoms with van der Waals surface area (Å²) in [4.78, 5) is 4.27. The van der Waals surface area contributed by atoms with Crippen LogP contribution in [0.4, 0.5) is 0 Å². The molecule has 0 aromatic heterocycles. The zero-order chi connectivity index (χ0) is 15.9. The quantitative estimate of drug-likeness (QED) is 0.867. The Kier molecular flexibility index (Phi) is 4.04. The molecule has 2 aliphatic rings. The van der Waals surface area contributed by atoms with Crippen molar-refractivity contribution >= 4 is 29.1 Å². The molecule has 5 nitrogen and oxygen atoms in total. The molecule has 0 aliphatic carbocycles. The highest BCUT2D eigenvalue weighted by atomic mass is 35.5. The van der Waals surface area contributed by atoms with Crippen LogP contribution >= 0.6 is 23.2 Å². The summed E-state index contributed by atoms with van der Waals surface area (Å²) in [7, 11) is 1.53. The Hall–Kier alpha value is -1.69. The summed E-state index contributed by atoms with van der Waals surface area (Å²) in [6, 6.07) is 4.84. The molecule has 3 rings (SSSR count). The van der Waals surface area contributed by atoms with Gasteiger partial charge in [0, 0.05) is 15.6 Å². The number of methoxy groups -OCH3 is 1. The van der Waals surface area contributed by atoms with E-state index in [0.29, 0.717) is 27.2 Å². The van der Waals surface area contributed by atoms with Gasteiger partial charge in [-0.15, -0.1) is 0 Å². The van der Waals surface area contributed by atoms with E-state index in [4.69, 9.17) is 38.4 Å². The third-order valence-electron chi connectivity index (χ3n) is 3.61. The van der Waals surface area contributed by atoms with Crippen LogP contribution in [-0.2, 0) is 9.47 Å². The molecule has 2 aliphatic heterocycles. The third kappa shape index (κ3) is 2.56. The Morgan fingerprint density at radius 1 is 1.41 bits per heavy atom. The van der Waals surface area contributed by atoms with Crippen molar-refractivity contribution in [1.82, 2.24) is 0 Å². The van der Waals surface area contributed by atoms with Crippen molar-refractivity contribution < 1.29 is 14.6 Å². The maximum absolute atomic E-state index is 10.5. The van der Waals surface area contributed by atoms with Gasteiger partial charge in [-0.3, -0.25) is 0 Å². The highest BCUT2D eigenvalue weighted by molar-refractivity contribution is 6.35. The molecule has 2 heterocycles. The number of aliphatic hydroxyl groups excluding tert-OH is 1. The van der Waals surface area contributed by atoms with Gasteiger partial charge >= 0.3 is 0 Å². The molecule has 0 fully saturated rings. The SMILES string of the molecule is COC1=NC2OC(C(O)c3ccc(Cl)cc3Cl)=C(N)C2C=C1. The van der Waals surface area contributed by atoms with E-state index in [9.17, 15) is 5.11 Å². The van der Waals surface area contributed by atoms with Gasteiger partial charge in [0.25, 0.3) is 0 Å². The lowest BCUT2D eigenvalue weighted by molar-refractivity contribution is 0.0669. The number of hydrogen-bond acceptors (Lipinski definition) is 5. The number of rotatable bonds is 2. The minimum atomic E-state index is -1.08. The molecule has 0 amide bonds. The molecule has 3 unspecified atom stereocenters. The van der Waals surface area contributed by atoms with Gasteiger partial charge in [0.2, 0.25) is 12.1 Å². The van der Waals surface area contributed by atoms with E-state index in [-0.39, 0.29) is 11.7 Å². The van der Waals surface area contributed by atoms with Gasteiger partial charge in [-0.1, -0.05) is 35.3 Å². The number of aliphatic hydroxyl groups is 1. The second-order valence-corrected chi connectivity index (χ2v) is 5.80. The highest BCUT2D eigenvalue weighted by Gasteiger charge is 2.39. The molecule has 116 valence electrons. The number of dihydropyridines is 1. The van der Waals surface area contributed by atoms with Crippen LogP contribution in [0.3, 0.4) is 0 Å². The van der Waals surface area contributed by atoms with E-state index >= 15 is 0 Å².